The molecule has 5 rings (SSSR count). The number of rotatable bonds is 7. The first-order valence-corrected chi connectivity index (χ1v) is 15.0. The Morgan fingerprint density at radius 2 is 1.40 bits per heavy atom. The number of pyridine rings is 1. The molecule has 0 unspecified atom stereocenters. The molecule has 4 heteroatoms. The van der Waals surface area contributed by atoms with Gasteiger partial charge in [0.15, 0.2) is 5.78 Å². The number of fused-ring (bicyclic) bond motifs is 5. The van der Waals surface area contributed by atoms with Gasteiger partial charge in [-0.1, -0.05) is 109 Å². The molecule has 42 heavy (non-hydrogen) atoms. The number of aliphatic hydroxyl groups is 1. The summed E-state index contributed by atoms with van der Waals surface area (Å²) >= 11 is 0. The van der Waals surface area contributed by atoms with Crippen LogP contribution in [0, 0.1) is 17.9 Å². The molecule has 1 N–H and O–H groups in total. The predicted octanol–water partition coefficient (Wildman–Crippen LogP) is 10.7. The van der Waals surface area contributed by atoms with Gasteiger partial charge in [0.25, 0.3) is 0 Å². The number of carbonyl (C=O) groups excluding carboxylic acids is 1. The normalized spacial score (nSPS) is 12.0. The number of carbonyl (C=O) groups is 1. The van der Waals surface area contributed by atoms with Crippen molar-refractivity contribution in [1.29, 1.82) is 0 Å². The maximum atomic E-state index is 11.2. The van der Waals surface area contributed by atoms with Crippen molar-refractivity contribution in [2.75, 3.05) is 0 Å². The minimum Gasteiger partial charge on any atom is -0.512 e. The molecule has 0 fully saturated rings. The van der Waals surface area contributed by atoms with Gasteiger partial charge in [-0.2, -0.15) is 0 Å². The second kappa shape index (κ2) is 14.4. The van der Waals surface area contributed by atoms with Crippen molar-refractivity contribution in [3.8, 4) is 33.5 Å². The van der Waals surface area contributed by atoms with Gasteiger partial charge in [0.1, 0.15) is 0 Å². The zero-order valence-corrected chi connectivity index (χ0v) is 28.6. The van der Waals surface area contributed by atoms with Crippen LogP contribution in [0.3, 0.4) is 0 Å². The van der Waals surface area contributed by atoms with Crippen LogP contribution in [0.25, 0.3) is 44.3 Å². The van der Waals surface area contributed by atoms with Crippen LogP contribution in [0.1, 0.15) is 91.2 Å². The third-order valence-electron chi connectivity index (χ3n) is 7.48. The predicted molar refractivity (Wildman–Crippen MR) is 173 cm³/mol. The number of nitrogens with zero attached hydrogens (tertiary/aromatic N) is 1. The Bertz CT molecular complexity index is 1580. The fourth-order valence-corrected chi connectivity index (χ4v) is 5.41. The molecule has 0 atom stereocenters. The van der Waals surface area contributed by atoms with E-state index in [1.54, 1.807) is 0 Å². The van der Waals surface area contributed by atoms with Crippen LogP contribution in [0.5, 0.6) is 0 Å². The molecule has 4 aromatic rings. The van der Waals surface area contributed by atoms with Gasteiger partial charge in [-0.15, -0.1) is 29.3 Å². The Morgan fingerprint density at radius 3 is 2.00 bits per heavy atom. The number of hydrogen-bond donors (Lipinski definition) is 1. The standard InChI is InChI=1S/C27H24N.C11H20O2.Ir/c1-16(2)18-9-10-23-24(14-18)21-7-5-6-8-22(21)25-15-20(17(3)4)13-19-11-12-28-27(23)26(19)25;1-8(2)5-10(12)7-11(13)6-9(3)4;/h5-9,11-17H,1-4H3;7-9,12H,5-6H2,1-4H3;/q-1;;/b;10-7-;. The first kappa shape index (κ1) is 33.4. The van der Waals surface area contributed by atoms with Gasteiger partial charge in [-0.05, 0) is 57.0 Å². The maximum Gasteiger partial charge on any atom is 0.159 e. The number of allylic oxidation sites excluding steroid dienone is 2. The van der Waals surface area contributed by atoms with Gasteiger partial charge in [0, 0.05) is 45.2 Å². The molecule has 1 heterocycles. The van der Waals surface area contributed by atoms with Crippen molar-refractivity contribution in [1.82, 2.24) is 4.98 Å². The Morgan fingerprint density at radius 1 is 0.810 bits per heavy atom. The van der Waals surface area contributed by atoms with E-state index in [9.17, 15) is 9.90 Å². The van der Waals surface area contributed by atoms with E-state index in [4.69, 9.17) is 4.98 Å². The largest absolute Gasteiger partial charge is 0.512 e. The molecule has 0 saturated heterocycles. The molecule has 3 nitrogen and oxygen atoms in total. The molecule has 223 valence electrons. The fourth-order valence-electron chi connectivity index (χ4n) is 5.41. The first-order chi connectivity index (χ1) is 19.5. The summed E-state index contributed by atoms with van der Waals surface area (Å²) in [6.45, 7) is 17.0. The monoisotopic (exact) mass is 739 g/mol. The summed E-state index contributed by atoms with van der Waals surface area (Å²) in [6.07, 6.45) is 4.40. The third-order valence-corrected chi connectivity index (χ3v) is 7.48. The topological polar surface area (TPSA) is 50.2 Å². The van der Waals surface area contributed by atoms with Crippen molar-refractivity contribution < 1.29 is 30.0 Å². The van der Waals surface area contributed by atoms with Crippen molar-refractivity contribution in [2.45, 2.75) is 80.1 Å². The molecular formula is C38H44IrNO2-. The maximum absolute atomic E-state index is 11.2. The Labute approximate surface area is 265 Å². The first-order valence-electron chi connectivity index (χ1n) is 15.0. The smallest absolute Gasteiger partial charge is 0.159 e. The number of aromatic nitrogens is 1. The van der Waals surface area contributed by atoms with Crippen LogP contribution in [0.15, 0.2) is 72.6 Å². The van der Waals surface area contributed by atoms with Gasteiger partial charge < -0.3 is 10.1 Å². The summed E-state index contributed by atoms with van der Waals surface area (Å²) in [4.78, 5) is 16.0. The summed E-state index contributed by atoms with van der Waals surface area (Å²) in [5.74, 6) is 1.93. The van der Waals surface area contributed by atoms with Gasteiger partial charge in [0.2, 0.25) is 0 Å². The molecule has 1 aromatic heterocycles. The third kappa shape index (κ3) is 7.65. The summed E-state index contributed by atoms with van der Waals surface area (Å²) in [6, 6.07) is 23.7. The van der Waals surface area contributed by atoms with Crippen LogP contribution < -0.4 is 0 Å². The van der Waals surface area contributed by atoms with Crippen LogP contribution in [-0.4, -0.2) is 15.9 Å². The minimum absolute atomic E-state index is 0. The zero-order chi connectivity index (χ0) is 29.8. The van der Waals surface area contributed by atoms with E-state index in [1.165, 1.54) is 50.2 Å². The fraction of sp³-hybridized carbons (Fsp3) is 0.368. The molecule has 0 amide bonds. The van der Waals surface area contributed by atoms with Gasteiger partial charge in [-0.25, -0.2) is 0 Å². The van der Waals surface area contributed by atoms with Gasteiger partial charge in [0.05, 0.1) is 5.76 Å². The van der Waals surface area contributed by atoms with Crippen LogP contribution in [0.2, 0.25) is 0 Å². The molecule has 0 aliphatic heterocycles. The van der Waals surface area contributed by atoms with Crippen molar-refractivity contribution >= 4 is 16.6 Å². The molecule has 0 spiro atoms. The molecule has 0 bridgehead atoms. The molecular weight excluding hydrogens is 695 g/mol. The van der Waals surface area contributed by atoms with E-state index in [-0.39, 0.29) is 31.6 Å². The van der Waals surface area contributed by atoms with E-state index in [2.05, 4.69) is 88.4 Å². The summed E-state index contributed by atoms with van der Waals surface area (Å²) in [7, 11) is 0. The second-order valence-corrected chi connectivity index (χ2v) is 12.7. The quantitative estimate of drug-likeness (QED) is 0.103. The Kier molecular flexibility index (Phi) is 11.5. The molecule has 1 radical (unpaired) electrons. The van der Waals surface area contributed by atoms with Gasteiger partial charge in [-0.3, -0.25) is 4.79 Å². The van der Waals surface area contributed by atoms with Crippen LogP contribution >= 0.6 is 0 Å². The number of benzene rings is 3. The second-order valence-electron chi connectivity index (χ2n) is 12.7. The van der Waals surface area contributed by atoms with Crippen molar-refractivity contribution in [3.63, 3.8) is 0 Å². The van der Waals surface area contributed by atoms with Gasteiger partial charge >= 0.3 is 0 Å². The summed E-state index contributed by atoms with van der Waals surface area (Å²) in [5, 5.41) is 11.8. The molecule has 0 saturated carbocycles. The zero-order valence-electron chi connectivity index (χ0n) is 26.2. The molecule has 3 aromatic carbocycles. The van der Waals surface area contributed by atoms with Crippen molar-refractivity contribution in [2.24, 2.45) is 11.8 Å². The van der Waals surface area contributed by atoms with E-state index in [1.807, 2.05) is 33.9 Å². The number of ketones is 1. The van der Waals surface area contributed by atoms with E-state index >= 15 is 0 Å². The Balaban J connectivity index is 0.000000297. The Hall–Kier alpha value is -3.07. The molecule has 1 aliphatic carbocycles. The average Bonchev–Trinajstić information content (AvgIpc) is 3.02. The number of hydrogen-bond acceptors (Lipinski definition) is 3. The average molecular weight is 739 g/mol. The van der Waals surface area contributed by atoms with E-state index in [0.717, 1.165) is 11.3 Å². The summed E-state index contributed by atoms with van der Waals surface area (Å²) in [5.41, 5.74) is 9.93. The van der Waals surface area contributed by atoms with Crippen molar-refractivity contribution in [3.05, 3.63) is 89.8 Å². The minimum atomic E-state index is 0. The number of aliphatic hydroxyl groups excluding tert-OH is 1. The van der Waals surface area contributed by atoms with E-state index in [0.29, 0.717) is 36.5 Å². The van der Waals surface area contributed by atoms with Crippen LogP contribution in [0.4, 0.5) is 0 Å². The van der Waals surface area contributed by atoms with E-state index < -0.39 is 0 Å². The SMILES string of the molecule is CC(C)CC(=O)/C=C(\O)CC(C)C.CC(C)c1c[c-]c2c(c1)-c1ccccc1-c1cc(C(C)C)cc3ccnc-2c13.[Ir]. The molecule has 1 aliphatic rings. The summed E-state index contributed by atoms with van der Waals surface area (Å²) < 4.78 is 0. The van der Waals surface area contributed by atoms with Crippen LogP contribution in [-0.2, 0) is 24.9 Å².